The monoisotopic (exact) mass is 409 g/mol. The van der Waals surface area contributed by atoms with Crippen molar-refractivity contribution < 1.29 is 48.6 Å². The molecule has 0 atom stereocenters. The predicted molar refractivity (Wildman–Crippen MR) is 101 cm³/mol. The summed E-state index contributed by atoms with van der Waals surface area (Å²) >= 11 is 6.18. The van der Waals surface area contributed by atoms with E-state index in [-0.39, 0.29) is 29.6 Å². The summed E-state index contributed by atoms with van der Waals surface area (Å²) < 4.78 is 21.4. The normalized spacial score (nSPS) is 10.6. The van der Waals surface area contributed by atoms with Crippen LogP contribution in [-0.4, -0.2) is 17.1 Å². The molecule has 0 bridgehead atoms. The number of carboxylic acids is 1. The third-order valence-corrected chi connectivity index (χ3v) is 4.22. The number of carbonyl (C=O) groups excluding carboxylic acids is 1. The Labute approximate surface area is 190 Å². The average Bonchev–Trinajstić information content (AvgIpc) is 3.10. The van der Waals surface area contributed by atoms with Crippen LogP contribution >= 0.6 is 11.6 Å². The summed E-state index contributed by atoms with van der Waals surface area (Å²) in [6, 6.07) is 12.9. The van der Waals surface area contributed by atoms with E-state index in [1.54, 1.807) is 29.0 Å². The van der Waals surface area contributed by atoms with Gasteiger partial charge in [-0.05, 0) is 54.4 Å². The fourth-order valence-electron chi connectivity index (χ4n) is 2.73. The molecule has 0 saturated carbocycles. The summed E-state index contributed by atoms with van der Waals surface area (Å²) in [5.41, 5.74) is 1.50. The molecule has 0 aliphatic rings. The number of aromatic nitrogens is 1. The van der Waals surface area contributed by atoms with Gasteiger partial charge in [0.2, 0.25) is 0 Å². The van der Waals surface area contributed by atoms with Crippen LogP contribution < -0.4 is 39.4 Å². The fraction of sp³-hybridized carbons (Fsp3) is 0.190. The molecule has 0 radical (unpaired) electrons. The first kappa shape index (κ1) is 22.5. The van der Waals surface area contributed by atoms with E-state index in [4.69, 9.17) is 16.3 Å². The Hall–Kier alpha value is -1.79. The second-order valence-corrected chi connectivity index (χ2v) is 7.00. The quantitative estimate of drug-likeness (QED) is 0.577. The summed E-state index contributed by atoms with van der Waals surface area (Å²) in [5.74, 6) is -1.39. The van der Waals surface area contributed by atoms with Crippen LogP contribution in [-0.2, 0) is 0 Å². The minimum atomic E-state index is -1.56. The van der Waals surface area contributed by atoms with Crippen molar-refractivity contribution in [2.45, 2.75) is 13.8 Å². The van der Waals surface area contributed by atoms with Crippen LogP contribution in [0.15, 0.2) is 54.7 Å². The van der Waals surface area contributed by atoms with Gasteiger partial charge in [0.15, 0.2) is 0 Å². The van der Waals surface area contributed by atoms with Gasteiger partial charge in [0.25, 0.3) is 0 Å². The van der Waals surface area contributed by atoms with Gasteiger partial charge in [0, 0.05) is 28.0 Å². The topological polar surface area (TPSA) is 54.3 Å². The largest absolute Gasteiger partial charge is 1.00 e. The summed E-state index contributed by atoms with van der Waals surface area (Å²) in [7, 11) is 0. The molecule has 28 heavy (non-hydrogen) atoms. The van der Waals surface area contributed by atoms with E-state index in [9.17, 15) is 14.3 Å². The molecule has 0 spiro atoms. The molecule has 0 N–H and O–H groups in total. The van der Waals surface area contributed by atoms with Crippen molar-refractivity contribution in [2.24, 2.45) is 5.92 Å². The third kappa shape index (κ3) is 4.97. The van der Waals surface area contributed by atoms with Crippen LogP contribution in [0.1, 0.15) is 24.2 Å². The summed E-state index contributed by atoms with van der Waals surface area (Å²) in [6.45, 7) is 4.65. The summed E-state index contributed by atoms with van der Waals surface area (Å²) in [4.78, 5) is 11.1. The SMILES string of the molecule is CC(C)COc1ccc(Cl)cc1-c1cccn1-c1ccc(F)c(C(=O)[O-])c1.[Na+]. The molecule has 140 valence electrons. The molecule has 0 fully saturated rings. The fourth-order valence-corrected chi connectivity index (χ4v) is 2.90. The number of hydrogen-bond acceptors (Lipinski definition) is 3. The maximum Gasteiger partial charge on any atom is 1.00 e. The molecule has 3 rings (SSSR count). The first-order chi connectivity index (χ1) is 12.9. The van der Waals surface area contributed by atoms with Crippen LogP contribution in [0.2, 0.25) is 5.02 Å². The number of halogens is 2. The predicted octanol–water partition coefficient (Wildman–Crippen LogP) is 1.34. The number of carbonyl (C=O) groups is 1. The Kier molecular flexibility index (Phi) is 7.72. The Morgan fingerprint density at radius 3 is 2.64 bits per heavy atom. The summed E-state index contributed by atoms with van der Waals surface area (Å²) in [6.07, 6.45) is 1.76. The van der Waals surface area contributed by atoms with Crippen molar-refractivity contribution in [2.75, 3.05) is 6.61 Å². The Morgan fingerprint density at radius 1 is 1.21 bits per heavy atom. The van der Waals surface area contributed by atoms with Gasteiger partial charge in [-0.15, -0.1) is 0 Å². The van der Waals surface area contributed by atoms with Crippen LogP contribution in [0.3, 0.4) is 0 Å². The molecular weight excluding hydrogens is 392 g/mol. The van der Waals surface area contributed by atoms with Gasteiger partial charge < -0.3 is 19.2 Å². The van der Waals surface area contributed by atoms with Crippen molar-refractivity contribution in [3.05, 3.63) is 71.1 Å². The first-order valence-corrected chi connectivity index (χ1v) is 8.86. The molecule has 2 aromatic carbocycles. The molecule has 4 nitrogen and oxygen atoms in total. The third-order valence-electron chi connectivity index (χ3n) is 3.99. The Balaban J connectivity index is 0.00000280. The van der Waals surface area contributed by atoms with Crippen molar-refractivity contribution in [3.8, 4) is 22.7 Å². The molecular formula is C21H18ClFNNaO3. The minimum absolute atomic E-state index is 0. The molecule has 0 aliphatic carbocycles. The van der Waals surface area contributed by atoms with Crippen LogP contribution in [0, 0.1) is 11.7 Å². The molecule has 1 heterocycles. The van der Waals surface area contributed by atoms with E-state index < -0.39 is 17.3 Å². The van der Waals surface area contributed by atoms with Crippen LogP contribution in [0.4, 0.5) is 4.39 Å². The van der Waals surface area contributed by atoms with Gasteiger partial charge in [-0.1, -0.05) is 25.4 Å². The Morgan fingerprint density at radius 2 is 1.96 bits per heavy atom. The van der Waals surface area contributed by atoms with E-state index >= 15 is 0 Å². The van der Waals surface area contributed by atoms with Crippen molar-refractivity contribution in [1.29, 1.82) is 0 Å². The van der Waals surface area contributed by atoms with Gasteiger partial charge in [-0.3, -0.25) is 0 Å². The van der Waals surface area contributed by atoms with Gasteiger partial charge in [-0.25, -0.2) is 4.39 Å². The molecule has 3 aromatic rings. The molecule has 0 unspecified atom stereocenters. The number of nitrogens with zero attached hydrogens (tertiary/aromatic N) is 1. The van der Waals surface area contributed by atoms with E-state index in [2.05, 4.69) is 13.8 Å². The number of aromatic carboxylic acids is 1. The van der Waals surface area contributed by atoms with E-state index in [0.29, 0.717) is 29.0 Å². The van der Waals surface area contributed by atoms with Crippen LogP contribution in [0.25, 0.3) is 16.9 Å². The number of ether oxygens (including phenoxy) is 1. The number of hydrogen-bond donors (Lipinski definition) is 0. The second-order valence-electron chi connectivity index (χ2n) is 6.56. The smallest absolute Gasteiger partial charge is 0.545 e. The van der Waals surface area contributed by atoms with Crippen LogP contribution in [0.5, 0.6) is 5.75 Å². The number of carboxylic acid groups (broad SMARTS) is 1. The van der Waals surface area contributed by atoms with Crippen molar-refractivity contribution in [3.63, 3.8) is 0 Å². The van der Waals surface area contributed by atoms with Gasteiger partial charge >= 0.3 is 29.6 Å². The average molecular weight is 410 g/mol. The zero-order valence-electron chi connectivity index (χ0n) is 15.9. The molecule has 0 amide bonds. The zero-order valence-corrected chi connectivity index (χ0v) is 18.7. The van der Waals surface area contributed by atoms with E-state index in [0.717, 1.165) is 17.3 Å². The standard InChI is InChI=1S/C21H19ClFNO3.Na/c1-13(2)12-27-20-8-5-14(22)10-17(20)19-4-3-9-24(19)15-6-7-18(23)16(11-15)21(25)26;/h3-11,13H,12H2,1-2H3,(H,25,26);/q;+1/p-1. The number of benzene rings is 2. The first-order valence-electron chi connectivity index (χ1n) is 8.48. The maximum absolute atomic E-state index is 13.7. The molecule has 7 heteroatoms. The maximum atomic E-state index is 13.7. The number of rotatable bonds is 6. The van der Waals surface area contributed by atoms with Gasteiger partial charge in [-0.2, -0.15) is 0 Å². The van der Waals surface area contributed by atoms with Gasteiger partial charge in [0.1, 0.15) is 11.6 Å². The summed E-state index contributed by atoms with van der Waals surface area (Å²) in [5, 5.41) is 11.7. The minimum Gasteiger partial charge on any atom is -0.545 e. The van der Waals surface area contributed by atoms with E-state index in [1.807, 2.05) is 12.1 Å². The Bertz CT molecular complexity index is 988. The molecule has 0 saturated heterocycles. The van der Waals surface area contributed by atoms with E-state index in [1.165, 1.54) is 12.1 Å². The van der Waals surface area contributed by atoms with Crippen molar-refractivity contribution >= 4 is 17.6 Å². The van der Waals surface area contributed by atoms with Crippen molar-refractivity contribution in [1.82, 2.24) is 4.57 Å². The second kappa shape index (κ2) is 9.61. The zero-order chi connectivity index (χ0) is 19.6. The molecule has 0 aliphatic heterocycles. The molecule has 1 aromatic heterocycles. The van der Waals surface area contributed by atoms with Gasteiger partial charge in [0.05, 0.1) is 18.3 Å².